The van der Waals surface area contributed by atoms with Gasteiger partial charge in [-0.1, -0.05) is 51.3 Å². The molecule has 1 heterocycles. The number of aldehydes is 1. The van der Waals surface area contributed by atoms with E-state index in [1.807, 2.05) is 28.7 Å². The van der Waals surface area contributed by atoms with Crippen LogP contribution in [0.1, 0.15) is 58.1 Å². The SMILES string of the molecule is C1CCOC1.CC(O)c1ccc(Br)cc1F.CC=O.Cl.Fc1cc(Br)ccc1I.[CH2-]CCC.[Li+]. The van der Waals surface area contributed by atoms with Crippen molar-refractivity contribution in [1.82, 2.24) is 0 Å². The van der Waals surface area contributed by atoms with E-state index in [0.29, 0.717) is 13.6 Å². The van der Waals surface area contributed by atoms with E-state index in [0.717, 1.165) is 30.4 Å². The second kappa shape index (κ2) is 28.0. The second-order valence-electron chi connectivity index (χ2n) is 6.31. The molecule has 34 heavy (non-hydrogen) atoms. The van der Waals surface area contributed by atoms with Crippen LogP contribution >= 0.6 is 66.9 Å². The molecular formula is C24H33Br2ClF2ILiO3. The van der Waals surface area contributed by atoms with E-state index in [1.54, 1.807) is 18.2 Å². The number of carbonyl (C=O) groups excluding carboxylic acids is 1. The normalized spacial score (nSPS) is 11.6. The van der Waals surface area contributed by atoms with E-state index in [1.165, 1.54) is 45.2 Å². The Morgan fingerprint density at radius 2 is 1.53 bits per heavy atom. The first kappa shape index (κ1) is 41.6. The Hall–Kier alpha value is 0.467. The van der Waals surface area contributed by atoms with Crippen LogP contribution < -0.4 is 18.9 Å². The van der Waals surface area contributed by atoms with Crippen molar-refractivity contribution in [2.45, 2.75) is 52.6 Å². The maximum absolute atomic E-state index is 12.9. The van der Waals surface area contributed by atoms with Gasteiger partial charge in [-0.3, -0.25) is 0 Å². The molecule has 1 aliphatic heterocycles. The third-order valence-corrected chi connectivity index (χ3v) is 5.34. The summed E-state index contributed by atoms with van der Waals surface area (Å²) >= 11 is 8.22. The summed E-state index contributed by atoms with van der Waals surface area (Å²) in [5.41, 5.74) is 0.327. The van der Waals surface area contributed by atoms with Crippen LogP contribution in [0.4, 0.5) is 8.78 Å². The second-order valence-corrected chi connectivity index (χ2v) is 9.30. The van der Waals surface area contributed by atoms with E-state index in [9.17, 15) is 8.78 Å². The first-order chi connectivity index (χ1) is 15.1. The zero-order valence-electron chi connectivity index (χ0n) is 20.1. The standard InChI is InChI=1S/C8H8BrFO.C6H3BrFI.C4H8O.C4H9.C2H4O.ClH.Li/c1-5(11)7-3-2-6(9)4-8(7)10;7-4-1-2-6(9)5(8)3-4;1-2-4-5-3-1;1-3-4-2;1-2-3;;/h2-5,11H,1H3;1-3H;1-4H2;1,3-4H2,2H3;2H,1H3;1H;/q;;;-1;;;+1. The van der Waals surface area contributed by atoms with E-state index in [-0.39, 0.29) is 42.9 Å². The largest absolute Gasteiger partial charge is 1.00 e. The van der Waals surface area contributed by atoms with Crippen molar-refractivity contribution in [3.8, 4) is 0 Å². The molecule has 1 atom stereocenters. The number of aliphatic hydroxyl groups is 1. The van der Waals surface area contributed by atoms with Crippen molar-refractivity contribution >= 4 is 73.1 Å². The molecule has 0 saturated carbocycles. The molecular weight excluding hydrogens is 703 g/mol. The number of hydrogen-bond acceptors (Lipinski definition) is 3. The van der Waals surface area contributed by atoms with E-state index in [4.69, 9.17) is 14.6 Å². The monoisotopic (exact) mass is 734 g/mol. The smallest absolute Gasteiger partial charge is 0.389 e. The summed E-state index contributed by atoms with van der Waals surface area (Å²) < 4.78 is 32.5. The van der Waals surface area contributed by atoms with Gasteiger partial charge in [0.25, 0.3) is 0 Å². The molecule has 0 aliphatic carbocycles. The van der Waals surface area contributed by atoms with E-state index < -0.39 is 6.10 Å². The molecule has 1 aliphatic rings. The zero-order chi connectivity index (χ0) is 24.9. The molecule has 0 radical (unpaired) electrons. The average molecular weight is 737 g/mol. The average Bonchev–Trinajstić information content (AvgIpc) is 3.32. The molecule has 1 unspecified atom stereocenters. The van der Waals surface area contributed by atoms with Crippen LogP contribution in [-0.2, 0) is 9.53 Å². The molecule has 0 spiro atoms. The molecule has 1 N–H and O–H groups in total. The molecule has 1 fully saturated rings. The van der Waals surface area contributed by atoms with Crippen molar-refractivity contribution in [1.29, 1.82) is 0 Å². The van der Waals surface area contributed by atoms with Gasteiger partial charge in [-0.2, -0.15) is 6.42 Å². The van der Waals surface area contributed by atoms with E-state index in [2.05, 4.69) is 45.7 Å². The molecule has 10 heteroatoms. The van der Waals surface area contributed by atoms with Crippen LogP contribution in [0.15, 0.2) is 45.3 Å². The van der Waals surface area contributed by atoms with E-state index >= 15 is 0 Å². The maximum Gasteiger partial charge on any atom is 1.00 e. The predicted octanol–water partition coefficient (Wildman–Crippen LogP) is 5.88. The van der Waals surface area contributed by atoms with Crippen LogP contribution in [-0.4, -0.2) is 24.6 Å². The van der Waals surface area contributed by atoms with Crippen LogP contribution in [0.2, 0.25) is 0 Å². The Morgan fingerprint density at radius 3 is 1.79 bits per heavy atom. The minimum Gasteiger partial charge on any atom is -0.389 e. The summed E-state index contributed by atoms with van der Waals surface area (Å²) in [6, 6.07) is 9.57. The van der Waals surface area contributed by atoms with Gasteiger partial charge in [0.2, 0.25) is 0 Å². The first-order valence-corrected chi connectivity index (χ1v) is 12.8. The van der Waals surface area contributed by atoms with Gasteiger partial charge >= 0.3 is 18.9 Å². The predicted molar refractivity (Wildman–Crippen MR) is 151 cm³/mol. The van der Waals surface area contributed by atoms with Gasteiger partial charge in [0, 0.05) is 31.3 Å². The summed E-state index contributed by atoms with van der Waals surface area (Å²) in [4.78, 5) is 8.81. The summed E-state index contributed by atoms with van der Waals surface area (Å²) in [5.74, 6) is -0.556. The molecule has 2 aromatic carbocycles. The van der Waals surface area contributed by atoms with Crippen LogP contribution in [0.5, 0.6) is 0 Å². The Balaban J connectivity index is -0.000000176. The summed E-state index contributed by atoms with van der Waals surface area (Å²) in [6.07, 6.45) is 4.84. The van der Waals surface area contributed by atoms with Crippen molar-refractivity contribution in [2.24, 2.45) is 0 Å². The Morgan fingerprint density at radius 1 is 1.12 bits per heavy atom. The number of aliphatic hydroxyl groups excluding tert-OH is 1. The van der Waals surface area contributed by atoms with Crippen LogP contribution in [0.3, 0.4) is 0 Å². The summed E-state index contributed by atoms with van der Waals surface area (Å²) in [6.45, 7) is 10.7. The van der Waals surface area contributed by atoms with Crippen molar-refractivity contribution in [3.05, 3.63) is 73.0 Å². The summed E-state index contributed by atoms with van der Waals surface area (Å²) in [5, 5.41) is 9.04. The quantitative estimate of drug-likeness (QED) is 0.138. The Bertz CT molecular complexity index is 747. The Labute approximate surface area is 252 Å². The fourth-order valence-corrected chi connectivity index (χ4v) is 2.82. The number of hydrogen-bond donors (Lipinski definition) is 1. The third kappa shape index (κ3) is 24.2. The van der Waals surface area contributed by atoms with Crippen molar-refractivity contribution < 1.29 is 42.3 Å². The molecule has 3 rings (SSSR count). The zero-order valence-corrected chi connectivity index (χ0v) is 26.3. The number of benzene rings is 2. The molecule has 0 amide bonds. The molecule has 0 bridgehead atoms. The number of unbranched alkanes of at least 4 members (excludes halogenated alkanes) is 1. The first-order valence-electron chi connectivity index (χ1n) is 10.1. The molecule has 1 saturated heterocycles. The third-order valence-electron chi connectivity index (χ3n) is 3.48. The van der Waals surface area contributed by atoms with Crippen LogP contribution in [0.25, 0.3) is 0 Å². The minimum absolute atomic E-state index is 0. The fourth-order valence-electron chi connectivity index (χ4n) is 1.82. The minimum atomic E-state index is -0.747. The van der Waals surface area contributed by atoms with Gasteiger partial charge in [-0.25, -0.2) is 8.78 Å². The topological polar surface area (TPSA) is 46.5 Å². The fraction of sp³-hybridized carbons (Fsp3) is 0.417. The van der Waals surface area contributed by atoms with Gasteiger partial charge in [-0.05, 0) is 79.6 Å². The molecule has 0 aromatic heterocycles. The number of ether oxygens (including phenoxy) is 1. The number of halogens is 6. The maximum atomic E-state index is 12.9. The molecule has 2 aromatic rings. The number of rotatable bonds is 2. The molecule has 3 nitrogen and oxygen atoms in total. The van der Waals surface area contributed by atoms with Gasteiger partial charge in [0.1, 0.15) is 17.9 Å². The number of carbonyl (C=O) groups is 1. The van der Waals surface area contributed by atoms with Gasteiger partial charge in [-0.15, -0.1) is 12.4 Å². The Kier molecular flexibility index (Phi) is 34.3. The summed E-state index contributed by atoms with van der Waals surface area (Å²) in [7, 11) is 0. The van der Waals surface area contributed by atoms with Gasteiger partial charge < -0.3 is 21.6 Å². The van der Waals surface area contributed by atoms with Gasteiger partial charge in [0.05, 0.1) is 6.10 Å². The van der Waals surface area contributed by atoms with Crippen molar-refractivity contribution in [2.75, 3.05) is 13.2 Å². The van der Waals surface area contributed by atoms with Crippen LogP contribution in [0, 0.1) is 22.1 Å². The van der Waals surface area contributed by atoms with Gasteiger partial charge in [0.15, 0.2) is 0 Å². The van der Waals surface area contributed by atoms with Crippen molar-refractivity contribution in [3.63, 3.8) is 0 Å². The molecule has 190 valence electrons.